The lowest BCUT2D eigenvalue weighted by Crippen LogP contribution is -2.32. The van der Waals surface area contributed by atoms with Crippen LogP contribution >= 0.6 is 11.8 Å². The summed E-state index contributed by atoms with van der Waals surface area (Å²) in [6.45, 7) is 0. The summed E-state index contributed by atoms with van der Waals surface area (Å²) in [7, 11) is 0. The molecular weight excluding hydrogens is 823 g/mol. The normalized spacial score (nSPS) is 14.7. The third-order valence-corrected chi connectivity index (χ3v) is 15.9. The summed E-state index contributed by atoms with van der Waals surface area (Å²) < 4.78 is 13.2. The molecule has 2 aliphatic carbocycles. The number of para-hydroxylation sites is 3. The van der Waals surface area contributed by atoms with Crippen LogP contribution in [0.25, 0.3) is 44.2 Å². The van der Waals surface area contributed by atoms with Crippen molar-refractivity contribution in [1.29, 1.82) is 0 Å². The largest absolute Gasteiger partial charge is 0.457 e. The topological polar surface area (TPSA) is 25.6 Å². The molecule has 3 heterocycles. The fourth-order valence-electron chi connectivity index (χ4n) is 12.3. The first kappa shape index (κ1) is 36.3. The second-order valence-corrected chi connectivity index (χ2v) is 18.9. The average Bonchev–Trinajstić information content (AvgIpc) is 4.00. The van der Waals surface area contributed by atoms with E-state index >= 15 is 0 Å². The van der Waals surface area contributed by atoms with Gasteiger partial charge in [-0.2, -0.15) is 0 Å². The predicted octanol–water partition coefficient (Wildman–Crippen LogP) is 16.4. The maximum Gasteiger partial charge on any atom is 0.135 e. The number of fused-ring (bicyclic) bond motifs is 21. The summed E-state index contributed by atoms with van der Waals surface area (Å²) in [5.74, 6) is 1.76. The van der Waals surface area contributed by atoms with Crippen molar-refractivity contribution in [3.8, 4) is 33.8 Å². The van der Waals surface area contributed by atoms with E-state index in [4.69, 9.17) is 9.15 Å². The second kappa shape index (κ2) is 13.3. The number of hydrogen-bond acceptors (Lipinski definition) is 4. The van der Waals surface area contributed by atoms with E-state index in [-0.39, 0.29) is 0 Å². The molecule has 0 fully saturated rings. The fourth-order valence-corrected chi connectivity index (χ4v) is 13.5. The molecule has 0 saturated carbocycles. The molecule has 4 heteroatoms. The molecule has 0 bridgehead atoms. The van der Waals surface area contributed by atoms with E-state index in [1.54, 1.807) is 0 Å². The highest BCUT2D eigenvalue weighted by Gasteiger charge is 2.53. The van der Waals surface area contributed by atoms with Gasteiger partial charge < -0.3 is 14.1 Å². The van der Waals surface area contributed by atoms with Gasteiger partial charge in [0, 0.05) is 48.6 Å². The number of hydrogen-bond donors (Lipinski definition) is 0. The highest BCUT2D eigenvalue weighted by molar-refractivity contribution is 7.99. The molecule has 2 spiro atoms. The Hall–Kier alpha value is -8.05. The molecule has 4 aliphatic rings. The van der Waals surface area contributed by atoms with Crippen molar-refractivity contribution in [3.63, 3.8) is 0 Å². The zero-order valence-electron chi connectivity index (χ0n) is 35.5. The Morgan fingerprint density at radius 1 is 0.348 bits per heavy atom. The summed E-state index contributed by atoms with van der Waals surface area (Å²) in [6.07, 6.45) is 0. The first-order chi connectivity index (χ1) is 32.7. The van der Waals surface area contributed by atoms with Crippen LogP contribution < -0.4 is 9.64 Å². The Morgan fingerprint density at radius 3 is 1.61 bits per heavy atom. The Labute approximate surface area is 386 Å². The first-order valence-electron chi connectivity index (χ1n) is 22.7. The lowest BCUT2D eigenvalue weighted by molar-refractivity contribution is 0.436. The zero-order chi connectivity index (χ0) is 43.1. The van der Waals surface area contributed by atoms with Crippen LogP contribution in [0.3, 0.4) is 0 Å². The molecule has 66 heavy (non-hydrogen) atoms. The van der Waals surface area contributed by atoms with Gasteiger partial charge in [-0.05, 0) is 117 Å². The van der Waals surface area contributed by atoms with Gasteiger partial charge in [0.25, 0.3) is 0 Å². The molecular formula is C62H37NO2S. The van der Waals surface area contributed by atoms with Crippen molar-refractivity contribution in [2.75, 3.05) is 4.90 Å². The molecule has 11 aromatic rings. The minimum Gasteiger partial charge on any atom is -0.457 e. The van der Waals surface area contributed by atoms with Gasteiger partial charge in [-0.1, -0.05) is 169 Å². The van der Waals surface area contributed by atoms with Gasteiger partial charge in [-0.3, -0.25) is 0 Å². The lowest BCUT2D eigenvalue weighted by Gasteiger charge is -2.40. The van der Waals surface area contributed by atoms with E-state index in [0.717, 1.165) is 61.6 Å². The van der Waals surface area contributed by atoms with Crippen molar-refractivity contribution < 1.29 is 9.15 Å². The molecule has 0 saturated heterocycles. The number of anilines is 3. The average molecular weight is 860 g/mol. The highest BCUT2D eigenvalue weighted by atomic mass is 32.2. The van der Waals surface area contributed by atoms with Crippen LogP contribution in [-0.4, -0.2) is 0 Å². The highest BCUT2D eigenvalue weighted by Crippen LogP contribution is 2.66. The molecule has 0 N–H and O–H groups in total. The summed E-state index contributed by atoms with van der Waals surface area (Å²) in [4.78, 5) is 5.09. The summed E-state index contributed by atoms with van der Waals surface area (Å²) in [6, 6.07) is 82.7. The second-order valence-electron chi connectivity index (χ2n) is 17.8. The Kier molecular flexibility index (Phi) is 7.29. The molecule has 0 atom stereocenters. The van der Waals surface area contributed by atoms with Crippen LogP contribution in [0, 0.1) is 0 Å². The van der Waals surface area contributed by atoms with Crippen molar-refractivity contribution in [2.45, 2.75) is 20.6 Å². The maximum atomic E-state index is 6.73. The standard InChI is InChI=1S/C62H37NO2S/c1-4-19-45-40(16-1)41-34-32-39(37-52(41)62(45)49-23-8-13-30-58(49)66-59-31-14-9-24-50(59)62)63(38-33-35-55-44(36-38)42-17-3-10-27-54(42)64-55)53-26-15-25-51-60(53)43-18-2-5-20-46(43)61(51)47-21-6-11-28-56(47)65-57-29-12-7-22-48(57)61/h1-37H. The molecule has 0 radical (unpaired) electrons. The maximum absolute atomic E-state index is 6.73. The lowest BCUT2D eigenvalue weighted by atomic mass is 9.66. The Bertz CT molecular complexity index is 3790. The summed E-state index contributed by atoms with van der Waals surface area (Å²) in [5, 5.41) is 2.19. The molecule has 0 unspecified atom stereocenters. The van der Waals surface area contributed by atoms with E-state index in [0.29, 0.717) is 0 Å². The number of nitrogens with zero attached hydrogens (tertiary/aromatic N) is 1. The molecule has 308 valence electrons. The van der Waals surface area contributed by atoms with Crippen LogP contribution in [0.1, 0.15) is 44.5 Å². The monoisotopic (exact) mass is 859 g/mol. The quantitative estimate of drug-likeness (QED) is 0.177. The van der Waals surface area contributed by atoms with Crippen LogP contribution in [0.5, 0.6) is 11.5 Å². The van der Waals surface area contributed by atoms with Gasteiger partial charge in [0.1, 0.15) is 22.7 Å². The van der Waals surface area contributed by atoms with Crippen molar-refractivity contribution in [3.05, 3.63) is 269 Å². The summed E-state index contributed by atoms with van der Waals surface area (Å²) in [5.41, 5.74) is 18.9. The molecule has 10 aromatic carbocycles. The van der Waals surface area contributed by atoms with Gasteiger partial charge in [-0.25, -0.2) is 0 Å². The van der Waals surface area contributed by atoms with E-state index in [2.05, 4.69) is 223 Å². The Balaban J connectivity index is 1.05. The van der Waals surface area contributed by atoms with Gasteiger partial charge in [0.2, 0.25) is 0 Å². The van der Waals surface area contributed by atoms with E-state index in [1.165, 1.54) is 65.4 Å². The first-order valence-corrected chi connectivity index (χ1v) is 23.5. The van der Waals surface area contributed by atoms with Crippen LogP contribution in [0.4, 0.5) is 17.1 Å². The minimum absolute atomic E-state index is 0.526. The zero-order valence-corrected chi connectivity index (χ0v) is 36.4. The molecule has 15 rings (SSSR count). The summed E-state index contributed by atoms with van der Waals surface area (Å²) >= 11 is 1.88. The van der Waals surface area contributed by atoms with Crippen molar-refractivity contribution >= 4 is 50.8 Å². The number of benzene rings is 10. The molecule has 3 nitrogen and oxygen atoms in total. The van der Waals surface area contributed by atoms with Gasteiger partial charge in [0.05, 0.1) is 16.5 Å². The number of rotatable bonds is 3. The predicted molar refractivity (Wildman–Crippen MR) is 267 cm³/mol. The van der Waals surface area contributed by atoms with E-state index in [9.17, 15) is 0 Å². The molecule has 0 amide bonds. The SMILES string of the molecule is c1ccc2c(c1)Oc1ccccc1C21c2ccccc2-c2c(N(c3ccc4c(c3)C3(c5ccccc5Sc5ccccc53)c3ccccc3-4)c3ccc4oc5ccccc5c4c3)cccc21. The van der Waals surface area contributed by atoms with Crippen LogP contribution in [0.2, 0.25) is 0 Å². The van der Waals surface area contributed by atoms with E-state index in [1.807, 2.05) is 17.8 Å². The Morgan fingerprint density at radius 2 is 0.864 bits per heavy atom. The van der Waals surface area contributed by atoms with Gasteiger partial charge in [0.15, 0.2) is 0 Å². The van der Waals surface area contributed by atoms with Crippen molar-refractivity contribution in [1.82, 2.24) is 0 Å². The van der Waals surface area contributed by atoms with Crippen LogP contribution in [0.15, 0.2) is 239 Å². The smallest absolute Gasteiger partial charge is 0.135 e. The fraction of sp³-hybridized carbons (Fsp3) is 0.0323. The van der Waals surface area contributed by atoms with Crippen LogP contribution in [-0.2, 0) is 10.8 Å². The third kappa shape index (κ3) is 4.54. The van der Waals surface area contributed by atoms with E-state index < -0.39 is 10.8 Å². The van der Waals surface area contributed by atoms with Gasteiger partial charge in [-0.15, -0.1) is 0 Å². The molecule has 2 aliphatic heterocycles. The molecule has 1 aromatic heterocycles. The van der Waals surface area contributed by atoms with Crippen molar-refractivity contribution in [2.24, 2.45) is 0 Å². The third-order valence-electron chi connectivity index (χ3n) is 14.8. The minimum atomic E-state index is -0.611. The number of furan rings is 1. The number of ether oxygens (including phenoxy) is 1. The van der Waals surface area contributed by atoms with Gasteiger partial charge >= 0.3 is 0 Å².